The van der Waals surface area contributed by atoms with Gasteiger partial charge in [0.15, 0.2) is 5.78 Å². The highest BCUT2D eigenvalue weighted by atomic mass is 32.2. The molecule has 5 nitrogen and oxygen atoms in total. The van der Waals surface area contributed by atoms with Crippen LogP contribution in [-0.4, -0.2) is 26.8 Å². The lowest BCUT2D eigenvalue weighted by molar-refractivity contribution is 0.103. The van der Waals surface area contributed by atoms with Crippen LogP contribution in [0.2, 0.25) is 0 Å². The van der Waals surface area contributed by atoms with Crippen molar-refractivity contribution in [3.8, 4) is 0 Å². The van der Waals surface area contributed by atoms with Crippen molar-refractivity contribution in [1.82, 2.24) is 4.72 Å². The highest BCUT2D eigenvalue weighted by molar-refractivity contribution is 7.89. The SMILES string of the molecule is NCC1CCCCC1NS(=O)(=O)c1ccccc1C(=O)c1ccccc1. The Bertz CT molecular complexity index is 866. The minimum absolute atomic E-state index is 0.0233. The fourth-order valence-electron chi connectivity index (χ4n) is 3.54. The summed E-state index contributed by atoms with van der Waals surface area (Å²) in [6.45, 7) is 0.456. The second kappa shape index (κ2) is 8.12. The summed E-state index contributed by atoms with van der Waals surface area (Å²) in [6, 6.07) is 14.9. The molecule has 2 aromatic carbocycles. The molecular formula is C20H24N2O3S. The smallest absolute Gasteiger partial charge is 0.241 e. The molecular weight excluding hydrogens is 348 g/mol. The number of ketones is 1. The van der Waals surface area contributed by atoms with Crippen LogP contribution in [0.5, 0.6) is 0 Å². The second-order valence-electron chi connectivity index (χ2n) is 6.70. The number of carbonyl (C=O) groups excluding carboxylic acids is 1. The molecule has 0 spiro atoms. The third-order valence-electron chi connectivity index (χ3n) is 4.98. The van der Waals surface area contributed by atoms with E-state index >= 15 is 0 Å². The molecule has 2 atom stereocenters. The van der Waals surface area contributed by atoms with Crippen LogP contribution in [0.25, 0.3) is 0 Å². The van der Waals surface area contributed by atoms with E-state index in [0.717, 1.165) is 25.7 Å². The molecule has 1 saturated carbocycles. The largest absolute Gasteiger partial charge is 0.330 e. The molecule has 2 aromatic rings. The number of rotatable bonds is 6. The molecule has 1 fully saturated rings. The first-order valence-corrected chi connectivity index (χ1v) is 10.4. The molecule has 3 N–H and O–H groups in total. The molecule has 138 valence electrons. The molecule has 0 radical (unpaired) electrons. The maximum Gasteiger partial charge on any atom is 0.241 e. The molecule has 0 aromatic heterocycles. The monoisotopic (exact) mass is 372 g/mol. The third kappa shape index (κ3) is 4.03. The van der Waals surface area contributed by atoms with Crippen molar-refractivity contribution in [3.05, 3.63) is 65.7 Å². The summed E-state index contributed by atoms with van der Waals surface area (Å²) in [4.78, 5) is 12.8. The van der Waals surface area contributed by atoms with Gasteiger partial charge in [-0.2, -0.15) is 0 Å². The maximum absolute atomic E-state index is 13.0. The molecule has 0 saturated heterocycles. The standard InChI is InChI=1S/C20H24N2O3S/c21-14-16-10-4-6-12-18(16)22-26(24,25)19-13-7-5-11-17(19)20(23)15-8-2-1-3-9-15/h1-3,5,7-9,11,13,16,18,22H,4,6,10,12,14,21H2. The van der Waals surface area contributed by atoms with Crippen LogP contribution in [0.15, 0.2) is 59.5 Å². The maximum atomic E-state index is 13.0. The highest BCUT2D eigenvalue weighted by Gasteiger charge is 2.30. The van der Waals surface area contributed by atoms with E-state index < -0.39 is 10.0 Å². The number of benzene rings is 2. The number of sulfonamides is 1. The topological polar surface area (TPSA) is 89.3 Å². The molecule has 3 rings (SSSR count). The number of nitrogens with one attached hydrogen (secondary N) is 1. The van der Waals surface area contributed by atoms with Gasteiger partial charge < -0.3 is 5.73 Å². The van der Waals surface area contributed by atoms with E-state index in [4.69, 9.17) is 5.73 Å². The van der Waals surface area contributed by atoms with Gasteiger partial charge >= 0.3 is 0 Å². The zero-order valence-electron chi connectivity index (χ0n) is 14.6. The molecule has 6 heteroatoms. The van der Waals surface area contributed by atoms with E-state index in [1.807, 2.05) is 6.07 Å². The first-order chi connectivity index (χ1) is 12.5. The van der Waals surface area contributed by atoms with E-state index in [2.05, 4.69) is 4.72 Å². The van der Waals surface area contributed by atoms with Crippen LogP contribution in [-0.2, 0) is 10.0 Å². The Labute approximate surface area is 154 Å². The van der Waals surface area contributed by atoms with Gasteiger partial charge in [0.05, 0.1) is 4.90 Å². The van der Waals surface area contributed by atoms with Crippen LogP contribution < -0.4 is 10.5 Å². The lowest BCUT2D eigenvalue weighted by Gasteiger charge is -2.31. The molecule has 0 bridgehead atoms. The van der Waals surface area contributed by atoms with Gasteiger partial charge in [-0.05, 0) is 37.4 Å². The first kappa shape index (κ1) is 18.8. The minimum Gasteiger partial charge on any atom is -0.330 e. The molecule has 1 aliphatic rings. The van der Waals surface area contributed by atoms with Gasteiger partial charge in [-0.1, -0.05) is 55.3 Å². The zero-order valence-corrected chi connectivity index (χ0v) is 15.4. The van der Waals surface area contributed by atoms with Crippen molar-refractivity contribution in [2.45, 2.75) is 36.6 Å². The fraction of sp³-hybridized carbons (Fsp3) is 0.350. The molecule has 26 heavy (non-hydrogen) atoms. The van der Waals surface area contributed by atoms with Crippen molar-refractivity contribution in [1.29, 1.82) is 0 Å². The lowest BCUT2D eigenvalue weighted by Crippen LogP contribution is -2.44. The van der Waals surface area contributed by atoms with Crippen LogP contribution >= 0.6 is 0 Å². The fourth-order valence-corrected chi connectivity index (χ4v) is 5.09. The molecule has 0 amide bonds. The van der Waals surface area contributed by atoms with Crippen molar-refractivity contribution < 1.29 is 13.2 Å². The van der Waals surface area contributed by atoms with Crippen LogP contribution in [0.3, 0.4) is 0 Å². The van der Waals surface area contributed by atoms with Gasteiger partial charge in [-0.25, -0.2) is 13.1 Å². The third-order valence-corrected chi connectivity index (χ3v) is 6.52. The first-order valence-electron chi connectivity index (χ1n) is 8.94. The van der Waals surface area contributed by atoms with Gasteiger partial charge in [0, 0.05) is 17.2 Å². The van der Waals surface area contributed by atoms with Crippen LogP contribution in [0.4, 0.5) is 0 Å². The molecule has 0 aliphatic heterocycles. The van der Waals surface area contributed by atoms with Crippen molar-refractivity contribution in [2.75, 3.05) is 6.54 Å². The number of nitrogens with two attached hydrogens (primary N) is 1. The van der Waals surface area contributed by atoms with E-state index in [9.17, 15) is 13.2 Å². The highest BCUT2D eigenvalue weighted by Crippen LogP contribution is 2.26. The predicted molar refractivity (Wildman–Crippen MR) is 101 cm³/mol. The zero-order chi connectivity index (χ0) is 18.6. The van der Waals surface area contributed by atoms with Gasteiger partial charge in [0.25, 0.3) is 0 Å². The Morgan fingerprint density at radius 2 is 1.65 bits per heavy atom. The van der Waals surface area contributed by atoms with Crippen molar-refractivity contribution >= 4 is 15.8 Å². The molecule has 1 aliphatic carbocycles. The summed E-state index contributed by atoms with van der Waals surface area (Å²) in [6.07, 6.45) is 3.75. The summed E-state index contributed by atoms with van der Waals surface area (Å²) < 4.78 is 28.8. The number of carbonyl (C=O) groups is 1. The van der Waals surface area contributed by atoms with E-state index in [-0.39, 0.29) is 28.2 Å². The van der Waals surface area contributed by atoms with Gasteiger partial charge in [-0.3, -0.25) is 4.79 Å². The predicted octanol–water partition coefficient (Wildman–Crippen LogP) is 2.71. The van der Waals surface area contributed by atoms with Gasteiger partial charge in [-0.15, -0.1) is 0 Å². The molecule has 2 unspecified atom stereocenters. The Morgan fingerprint density at radius 3 is 2.38 bits per heavy atom. The van der Waals surface area contributed by atoms with Crippen molar-refractivity contribution in [2.24, 2.45) is 11.7 Å². The Morgan fingerprint density at radius 1 is 1.00 bits per heavy atom. The van der Waals surface area contributed by atoms with Gasteiger partial charge in [0.1, 0.15) is 0 Å². The Kier molecular flexibility index (Phi) is 5.86. The normalized spacial score (nSPS) is 20.7. The summed E-state index contributed by atoms with van der Waals surface area (Å²) in [7, 11) is -3.81. The lowest BCUT2D eigenvalue weighted by atomic mass is 9.85. The second-order valence-corrected chi connectivity index (χ2v) is 8.38. The summed E-state index contributed by atoms with van der Waals surface area (Å²) in [5.74, 6) is -0.166. The van der Waals surface area contributed by atoms with E-state index in [1.54, 1.807) is 42.5 Å². The summed E-state index contributed by atoms with van der Waals surface area (Å²) >= 11 is 0. The average molecular weight is 372 g/mol. The van der Waals surface area contributed by atoms with E-state index in [1.165, 1.54) is 6.07 Å². The summed E-state index contributed by atoms with van der Waals surface area (Å²) in [5, 5.41) is 0. The number of hydrogen-bond acceptors (Lipinski definition) is 4. The minimum atomic E-state index is -3.81. The van der Waals surface area contributed by atoms with Crippen LogP contribution in [0.1, 0.15) is 41.6 Å². The summed E-state index contributed by atoms with van der Waals surface area (Å²) in [5.41, 5.74) is 6.47. The molecule has 0 heterocycles. The van der Waals surface area contributed by atoms with E-state index in [0.29, 0.717) is 12.1 Å². The Hall–Kier alpha value is -2.02. The number of hydrogen-bond donors (Lipinski definition) is 2. The van der Waals surface area contributed by atoms with Crippen molar-refractivity contribution in [3.63, 3.8) is 0 Å². The van der Waals surface area contributed by atoms with Gasteiger partial charge in [0.2, 0.25) is 10.0 Å². The Balaban J connectivity index is 1.92. The van der Waals surface area contributed by atoms with Crippen LogP contribution in [0, 0.1) is 5.92 Å². The average Bonchev–Trinajstić information content (AvgIpc) is 2.68. The quantitative estimate of drug-likeness (QED) is 0.763.